The molecule has 2 aliphatic heterocycles. The van der Waals surface area contributed by atoms with Crippen LogP contribution in [-0.4, -0.2) is 46.0 Å². The van der Waals surface area contributed by atoms with Crippen LogP contribution in [0.5, 0.6) is 0 Å². The van der Waals surface area contributed by atoms with Crippen molar-refractivity contribution in [2.75, 3.05) is 17.7 Å². The quantitative estimate of drug-likeness (QED) is 0.783. The largest absolute Gasteiger partial charge is 0.454 e. The van der Waals surface area contributed by atoms with Crippen molar-refractivity contribution in [2.24, 2.45) is 0 Å². The average Bonchev–Trinajstić information content (AvgIpc) is 3.06. The van der Waals surface area contributed by atoms with Gasteiger partial charge in [0.05, 0.1) is 20.6 Å². The predicted molar refractivity (Wildman–Crippen MR) is 96.8 cm³/mol. The number of carbonyl (C=O) groups excluding carboxylic acids is 3. The topological polar surface area (TPSA) is 75.7 Å². The van der Waals surface area contributed by atoms with E-state index < -0.39 is 24.5 Å². The number of hydrogen-bond donors (Lipinski definition) is 1. The summed E-state index contributed by atoms with van der Waals surface area (Å²) in [5.74, 6) is -0.676. The van der Waals surface area contributed by atoms with Crippen LogP contribution in [0.25, 0.3) is 0 Å². The third-order valence-electron chi connectivity index (χ3n) is 4.29. The van der Waals surface area contributed by atoms with Crippen molar-refractivity contribution in [2.45, 2.75) is 30.7 Å². The summed E-state index contributed by atoms with van der Waals surface area (Å²) in [4.78, 5) is 37.5. The highest BCUT2D eigenvalue weighted by Crippen LogP contribution is 2.47. The van der Waals surface area contributed by atoms with E-state index in [-0.39, 0.29) is 15.8 Å². The van der Waals surface area contributed by atoms with Crippen LogP contribution in [-0.2, 0) is 19.1 Å². The first kappa shape index (κ1) is 18.4. The summed E-state index contributed by atoms with van der Waals surface area (Å²) < 4.78 is 5.10. The van der Waals surface area contributed by atoms with Gasteiger partial charge in [-0.15, -0.1) is 11.8 Å². The van der Waals surface area contributed by atoms with Gasteiger partial charge in [0.15, 0.2) is 6.61 Å². The van der Waals surface area contributed by atoms with Gasteiger partial charge in [0.1, 0.15) is 6.04 Å². The summed E-state index contributed by atoms with van der Waals surface area (Å²) in [6.07, 6.45) is 1.15. The highest BCUT2D eigenvalue weighted by atomic mass is 35.5. The Hall–Kier alpha value is -1.44. The summed E-state index contributed by atoms with van der Waals surface area (Å²) in [5, 5.41) is 3.07. The minimum atomic E-state index is -0.646. The molecule has 0 bridgehead atoms. The summed E-state index contributed by atoms with van der Waals surface area (Å²) in [5.41, 5.74) is 0.342. The van der Waals surface area contributed by atoms with E-state index in [0.29, 0.717) is 29.3 Å². The van der Waals surface area contributed by atoms with Crippen molar-refractivity contribution in [3.05, 3.63) is 28.2 Å². The molecular formula is C16H16Cl2N2O4S. The number of nitrogens with one attached hydrogen (secondary N) is 1. The molecule has 0 unspecified atom stereocenters. The number of amides is 2. The number of halogens is 2. The number of benzene rings is 1. The number of ether oxygens (including phenoxy) is 1. The molecule has 3 rings (SSSR count). The van der Waals surface area contributed by atoms with Gasteiger partial charge in [0.25, 0.3) is 5.91 Å². The van der Waals surface area contributed by atoms with Crippen molar-refractivity contribution in [1.82, 2.24) is 4.90 Å². The maximum Gasteiger partial charge on any atom is 0.330 e. The Morgan fingerprint density at radius 2 is 2.20 bits per heavy atom. The zero-order valence-corrected chi connectivity index (χ0v) is 15.7. The van der Waals surface area contributed by atoms with Crippen LogP contribution < -0.4 is 5.32 Å². The fourth-order valence-corrected chi connectivity index (χ4v) is 4.78. The second-order valence-electron chi connectivity index (χ2n) is 6.02. The molecule has 25 heavy (non-hydrogen) atoms. The van der Waals surface area contributed by atoms with Crippen molar-refractivity contribution in [3.63, 3.8) is 0 Å². The molecule has 2 aliphatic rings. The molecule has 2 amide bonds. The van der Waals surface area contributed by atoms with Crippen LogP contribution in [0.15, 0.2) is 18.2 Å². The molecule has 1 aromatic carbocycles. The van der Waals surface area contributed by atoms with Gasteiger partial charge < -0.3 is 15.0 Å². The molecule has 0 aliphatic carbocycles. The van der Waals surface area contributed by atoms with Crippen LogP contribution >= 0.6 is 35.0 Å². The first-order valence-electron chi connectivity index (χ1n) is 7.68. The van der Waals surface area contributed by atoms with E-state index in [4.69, 9.17) is 27.9 Å². The Bertz CT molecular complexity index is 745. The molecule has 0 aromatic heterocycles. The normalized spacial score (nSPS) is 25.0. The van der Waals surface area contributed by atoms with Gasteiger partial charge in [-0.3, -0.25) is 9.59 Å². The molecule has 1 N–H and O–H groups in total. The highest BCUT2D eigenvalue weighted by molar-refractivity contribution is 8.01. The van der Waals surface area contributed by atoms with Crippen LogP contribution in [0.4, 0.5) is 5.69 Å². The minimum Gasteiger partial charge on any atom is -0.454 e. The molecule has 9 heteroatoms. The summed E-state index contributed by atoms with van der Waals surface area (Å²) in [6.45, 7) is 1.49. The Balaban J connectivity index is 1.56. The van der Waals surface area contributed by atoms with Crippen LogP contribution in [0.2, 0.25) is 10.0 Å². The van der Waals surface area contributed by atoms with E-state index in [9.17, 15) is 14.4 Å². The molecule has 134 valence electrons. The second kappa shape index (κ2) is 7.05. The lowest BCUT2D eigenvalue weighted by Crippen LogP contribution is -2.47. The zero-order chi connectivity index (χ0) is 18.2. The fraction of sp³-hybridized carbons (Fsp3) is 0.438. The Kier molecular flexibility index (Phi) is 5.18. The third kappa shape index (κ3) is 3.59. The lowest BCUT2D eigenvalue weighted by molar-refractivity contribution is -0.155. The SMILES string of the molecule is C[C@]12CCC(=O)N1[C@@H](C(=O)OCC(=O)Nc1cccc(Cl)c1Cl)CS2. The van der Waals surface area contributed by atoms with Crippen molar-refractivity contribution in [3.8, 4) is 0 Å². The summed E-state index contributed by atoms with van der Waals surface area (Å²) in [7, 11) is 0. The number of esters is 1. The van der Waals surface area contributed by atoms with Crippen LogP contribution in [0, 0.1) is 0 Å². The zero-order valence-electron chi connectivity index (χ0n) is 13.4. The molecule has 6 nitrogen and oxygen atoms in total. The van der Waals surface area contributed by atoms with Gasteiger partial charge in [0, 0.05) is 12.2 Å². The van der Waals surface area contributed by atoms with Crippen molar-refractivity contribution < 1.29 is 19.1 Å². The summed E-state index contributed by atoms with van der Waals surface area (Å²) >= 11 is 13.4. The number of carbonyl (C=O) groups is 3. The number of nitrogens with zero attached hydrogens (tertiary/aromatic N) is 1. The maximum atomic E-state index is 12.3. The monoisotopic (exact) mass is 402 g/mol. The molecule has 2 atom stereocenters. The maximum absolute atomic E-state index is 12.3. The molecule has 0 radical (unpaired) electrons. The first-order valence-corrected chi connectivity index (χ1v) is 9.42. The fourth-order valence-electron chi connectivity index (χ4n) is 3.01. The van der Waals surface area contributed by atoms with Crippen molar-refractivity contribution in [1.29, 1.82) is 0 Å². The van der Waals surface area contributed by atoms with Gasteiger partial charge in [-0.1, -0.05) is 29.3 Å². The van der Waals surface area contributed by atoms with Crippen LogP contribution in [0.3, 0.4) is 0 Å². The number of fused-ring (bicyclic) bond motifs is 1. The minimum absolute atomic E-state index is 0.0513. The van der Waals surface area contributed by atoms with E-state index in [2.05, 4.69) is 5.32 Å². The van der Waals surface area contributed by atoms with E-state index in [0.717, 1.165) is 0 Å². The molecule has 2 saturated heterocycles. The van der Waals surface area contributed by atoms with Gasteiger partial charge in [0.2, 0.25) is 5.91 Å². The van der Waals surface area contributed by atoms with Gasteiger partial charge in [-0.2, -0.15) is 0 Å². The molecule has 0 spiro atoms. The van der Waals surface area contributed by atoms with Gasteiger partial charge >= 0.3 is 5.97 Å². The summed E-state index contributed by atoms with van der Waals surface area (Å²) in [6, 6.07) is 4.19. The molecular weight excluding hydrogens is 387 g/mol. The second-order valence-corrected chi connectivity index (χ2v) is 8.31. The Morgan fingerprint density at radius 3 is 2.96 bits per heavy atom. The van der Waals surface area contributed by atoms with Crippen molar-refractivity contribution >= 4 is 58.4 Å². The average molecular weight is 403 g/mol. The first-order chi connectivity index (χ1) is 11.8. The lowest BCUT2D eigenvalue weighted by atomic mass is 10.2. The molecule has 2 fully saturated rings. The number of anilines is 1. The van der Waals surface area contributed by atoms with E-state index >= 15 is 0 Å². The number of rotatable bonds is 4. The Labute approximate surface area is 159 Å². The number of thioether (sulfide) groups is 1. The molecule has 0 saturated carbocycles. The third-order valence-corrected chi connectivity index (χ3v) is 6.61. The molecule has 2 heterocycles. The number of hydrogen-bond acceptors (Lipinski definition) is 5. The van der Waals surface area contributed by atoms with Crippen LogP contribution in [0.1, 0.15) is 19.8 Å². The van der Waals surface area contributed by atoms with Gasteiger partial charge in [-0.05, 0) is 25.5 Å². The van der Waals surface area contributed by atoms with E-state index in [1.165, 1.54) is 0 Å². The molecule has 1 aromatic rings. The Morgan fingerprint density at radius 1 is 1.44 bits per heavy atom. The van der Waals surface area contributed by atoms with Gasteiger partial charge in [-0.25, -0.2) is 4.79 Å². The smallest absolute Gasteiger partial charge is 0.330 e. The van der Waals surface area contributed by atoms with E-state index in [1.807, 2.05) is 6.92 Å². The highest BCUT2D eigenvalue weighted by Gasteiger charge is 2.53. The standard InChI is InChI=1S/C16H16Cl2N2O4S/c1-16-6-5-13(22)20(16)11(8-25-16)15(23)24-7-12(21)19-10-4-2-3-9(17)14(10)18/h2-4,11H,5-8H2,1H3,(H,19,21)/t11-,16+/m1/s1. The van der Waals surface area contributed by atoms with E-state index in [1.54, 1.807) is 34.9 Å². The lowest BCUT2D eigenvalue weighted by Gasteiger charge is -2.29. The predicted octanol–water partition coefficient (Wildman–Crippen LogP) is 2.93.